The van der Waals surface area contributed by atoms with E-state index in [-0.39, 0.29) is 77.6 Å². The van der Waals surface area contributed by atoms with Gasteiger partial charge in [-0.3, -0.25) is 14.4 Å². The van der Waals surface area contributed by atoms with E-state index >= 15 is 0 Å². The number of nitrogens with one attached hydrogen (secondary N) is 2. The number of aliphatic carboxylic acids is 1. The second-order valence-electron chi connectivity index (χ2n) is 11.4. The number of nitrogens with zero attached hydrogens (tertiary/aromatic N) is 6. The number of Topliss-reactive ketones (excluding diaryl/α,β-unsaturated/α-hetero) is 1. The average molecular weight is 575 g/mol. The molecule has 4 fully saturated rings. The summed E-state index contributed by atoms with van der Waals surface area (Å²) in [5.74, 6) is -2.30. The van der Waals surface area contributed by atoms with Crippen molar-refractivity contribution >= 4 is 35.3 Å². The fraction of sp³-hybridized carbons (Fsp3) is 0.720. The highest BCUT2D eigenvalue weighted by Crippen LogP contribution is 2.53. The first kappa shape index (κ1) is 27.3. The number of carboxylic acid groups (broad SMARTS) is 1. The summed E-state index contributed by atoms with van der Waals surface area (Å²) in [7, 11) is 0. The Hall–Kier alpha value is -2.88. The second kappa shape index (κ2) is 10.8. The molecule has 2 unspecified atom stereocenters. The van der Waals surface area contributed by atoms with Crippen molar-refractivity contribution in [1.29, 1.82) is 0 Å². The fourth-order valence-corrected chi connectivity index (χ4v) is 8.38. The SMILES string of the molecule is C[C@@H](CC(=O)Cn1cnnn1)[C@H]1C(=O)N2C(C(=O)O)=C(SC3CNC(C(=O)N4C[C@@H]5NCCO[C@@H]5C4)C3)[C@H](C)[C@H]12. The van der Waals surface area contributed by atoms with E-state index in [1.165, 1.54) is 27.7 Å². The minimum absolute atomic E-state index is 0.00236. The third-order valence-electron chi connectivity index (χ3n) is 8.78. The summed E-state index contributed by atoms with van der Waals surface area (Å²) in [5.41, 5.74) is 0.0394. The molecule has 0 aliphatic carbocycles. The molecule has 1 aromatic heterocycles. The van der Waals surface area contributed by atoms with Crippen LogP contribution in [-0.4, -0.2) is 121 Å². The maximum Gasteiger partial charge on any atom is 0.353 e. The number of carbonyl (C=O) groups excluding carboxylic acids is 3. The number of thioether (sulfide) groups is 1. The molecule has 14 nitrogen and oxygen atoms in total. The molecule has 2 amide bonds. The summed E-state index contributed by atoms with van der Waals surface area (Å²) < 4.78 is 7.15. The Labute approximate surface area is 235 Å². The first-order valence-electron chi connectivity index (χ1n) is 13.8. The van der Waals surface area contributed by atoms with Crippen molar-refractivity contribution in [2.45, 2.75) is 62.7 Å². The van der Waals surface area contributed by atoms with Gasteiger partial charge in [-0.2, -0.15) is 0 Å². The first-order valence-corrected chi connectivity index (χ1v) is 14.7. The van der Waals surface area contributed by atoms with Crippen LogP contribution in [0.3, 0.4) is 0 Å². The van der Waals surface area contributed by atoms with Crippen LogP contribution in [-0.2, 0) is 30.5 Å². The number of ketones is 1. The van der Waals surface area contributed by atoms with Crippen LogP contribution in [0.2, 0.25) is 0 Å². The van der Waals surface area contributed by atoms with E-state index < -0.39 is 11.9 Å². The van der Waals surface area contributed by atoms with E-state index in [9.17, 15) is 24.3 Å². The van der Waals surface area contributed by atoms with Crippen molar-refractivity contribution in [2.24, 2.45) is 17.8 Å². The molecule has 0 spiro atoms. The number of carboxylic acids is 1. The van der Waals surface area contributed by atoms with E-state index in [1.807, 2.05) is 18.7 Å². The largest absolute Gasteiger partial charge is 0.477 e. The van der Waals surface area contributed by atoms with Gasteiger partial charge in [0.2, 0.25) is 11.8 Å². The summed E-state index contributed by atoms with van der Waals surface area (Å²) in [4.78, 5) is 55.3. The molecule has 15 heteroatoms. The molecule has 6 heterocycles. The quantitative estimate of drug-likeness (QED) is 0.298. The van der Waals surface area contributed by atoms with E-state index in [0.717, 1.165) is 6.54 Å². The van der Waals surface area contributed by atoms with Gasteiger partial charge in [-0.25, -0.2) is 9.48 Å². The highest BCUT2D eigenvalue weighted by atomic mass is 32.2. The summed E-state index contributed by atoms with van der Waals surface area (Å²) in [6.07, 6.45) is 2.15. The smallest absolute Gasteiger partial charge is 0.353 e. The number of likely N-dealkylation sites (tertiary alicyclic amines) is 1. The summed E-state index contributed by atoms with van der Waals surface area (Å²) in [6, 6.07) is -0.468. The number of fused-ring (bicyclic) bond motifs is 2. The number of carbonyl (C=O) groups is 4. The van der Waals surface area contributed by atoms with Crippen molar-refractivity contribution in [2.75, 3.05) is 32.8 Å². The van der Waals surface area contributed by atoms with E-state index in [4.69, 9.17) is 4.74 Å². The molecular weight excluding hydrogens is 540 g/mol. The van der Waals surface area contributed by atoms with Crippen LogP contribution in [0.15, 0.2) is 16.9 Å². The van der Waals surface area contributed by atoms with Gasteiger partial charge < -0.3 is 30.3 Å². The molecule has 4 saturated heterocycles. The number of morpholine rings is 1. The predicted molar refractivity (Wildman–Crippen MR) is 140 cm³/mol. The maximum atomic E-state index is 13.2. The third kappa shape index (κ3) is 4.82. The number of amides is 2. The molecule has 40 heavy (non-hydrogen) atoms. The number of rotatable bonds is 9. The lowest BCUT2D eigenvalue weighted by Gasteiger charge is -2.47. The summed E-state index contributed by atoms with van der Waals surface area (Å²) >= 11 is 1.47. The van der Waals surface area contributed by atoms with Gasteiger partial charge in [0.15, 0.2) is 5.78 Å². The lowest BCUT2D eigenvalue weighted by molar-refractivity contribution is -0.160. The highest BCUT2D eigenvalue weighted by molar-refractivity contribution is 8.03. The van der Waals surface area contributed by atoms with E-state index in [1.54, 1.807) is 0 Å². The van der Waals surface area contributed by atoms with E-state index in [0.29, 0.717) is 37.6 Å². The molecule has 216 valence electrons. The molecule has 0 aromatic carbocycles. The number of aromatic nitrogens is 4. The van der Waals surface area contributed by atoms with Crippen LogP contribution in [0, 0.1) is 17.8 Å². The molecule has 6 rings (SSSR count). The van der Waals surface area contributed by atoms with Crippen LogP contribution in [0.1, 0.15) is 26.7 Å². The van der Waals surface area contributed by atoms with Gasteiger partial charge in [-0.1, -0.05) is 13.8 Å². The molecule has 5 aliphatic rings. The number of hydrogen-bond donors (Lipinski definition) is 3. The maximum absolute atomic E-state index is 13.2. The first-order chi connectivity index (χ1) is 19.2. The van der Waals surface area contributed by atoms with Crippen LogP contribution < -0.4 is 10.6 Å². The lowest BCUT2D eigenvalue weighted by Crippen LogP contribution is -2.62. The van der Waals surface area contributed by atoms with Crippen LogP contribution in [0.5, 0.6) is 0 Å². The van der Waals surface area contributed by atoms with Crippen LogP contribution in [0.4, 0.5) is 0 Å². The summed E-state index contributed by atoms with van der Waals surface area (Å²) in [5, 5.41) is 27.6. The third-order valence-corrected chi connectivity index (χ3v) is 10.3. The Morgan fingerprint density at radius 1 is 1.27 bits per heavy atom. The van der Waals surface area contributed by atoms with Gasteiger partial charge in [-0.05, 0) is 22.8 Å². The normalized spacial score (nSPS) is 34.0. The predicted octanol–water partition coefficient (Wildman–Crippen LogP) is -1.30. The van der Waals surface area contributed by atoms with Crippen molar-refractivity contribution < 1.29 is 29.0 Å². The Balaban J connectivity index is 1.08. The van der Waals surface area contributed by atoms with Crippen LogP contribution in [0.25, 0.3) is 0 Å². The van der Waals surface area contributed by atoms with Crippen molar-refractivity contribution in [3.8, 4) is 0 Å². The Morgan fingerprint density at radius 2 is 2.10 bits per heavy atom. The fourth-order valence-electron chi connectivity index (χ4n) is 6.91. The summed E-state index contributed by atoms with van der Waals surface area (Å²) in [6.45, 7) is 7.06. The molecule has 0 bridgehead atoms. The zero-order valence-electron chi connectivity index (χ0n) is 22.4. The van der Waals surface area contributed by atoms with Crippen molar-refractivity contribution in [1.82, 2.24) is 40.6 Å². The van der Waals surface area contributed by atoms with E-state index in [2.05, 4.69) is 26.2 Å². The Morgan fingerprint density at radius 3 is 2.83 bits per heavy atom. The minimum Gasteiger partial charge on any atom is -0.477 e. The molecule has 5 aliphatic heterocycles. The lowest BCUT2D eigenvalue weighted by atomic mass is 9.73. The standard InChI is InChI=1S/C25H34N8O6S/c1-12(5-14(34)8-32-11-28-29-30-32)19-20-13(2)22(21(25(37)38)33(20)24(19)36)40-15-6-16(27-7-15)23(35)31-9-17-18(10-31)39-4-3-26-17/h11-13,15-20,26-27H,3-10H2,1-2H3,(H,37,38)/t12-,13+,15?,16?,17-,18+,19+,20+/m0/s1. The van der Waals surface area contributed by atoms with Crippen molar-refractivity contribution in [3.63, 3.8) is 0 Å². The molecule has 3 N–H and O–H groups in total. The minimum atomic E-state index is -1.13. The van der Waals surface area contributed by atoms with Gasteiger partial charge in [0.25, 0.3) is 0 Å². The molecule has 8 atom stereocenters. The van der Waals surface area contributed by atoms with Gasteiger partial charge in [0.1, 0.15) is 18.6 Å². The van der Waals surface area contributed by atoms with Crippen LogP contribution >= 0.6 is 11.8 Å². The van der Waals surface area contributed by atoms with Gasteiger partial charge in [0, 0.05) is 48.7 Å². The molecule has 0 radical (unpaired) electrons. The zero-order chi connectivity index (χ0) is 28.1. The Bertz CT molecular complexity index is 1210. The van der Waals surface area contributed by atoms with Crippen molar-refractivity contribution in [3.05, 3.63) is 16.9 Å². The highest BCUT2D eigenvalue weighted by Gasteiger charge is 2.60. The topological polar surface area (TPSA) is 172 Å². The van der Waals surface area contributed by atoms with Gasteiger partial charge in [0.05, 0.1) is 36.8 Å². The number of ether oxygens (including phenoxy) is 1. The number of β-lactam (4-membered cyclic amide) rings is 1. The van der Waals surface area contributed by atoms with Gasteiger partial charge in [-0.15, -0.1) is 16.9 Å². The molecule has 0 saturated carbocycles. The number of hydrogen-bond acceptors (Lipinski definition) is 11. The molecule has 1 aromatic rings. The number of tetrazole rings is 1. The average Bonchev–Trinajstić information content (AvgIpc) is 3.71. The molecular formula is C25H34N8O6S. The monoisotopic (exact) mass is 574 g/mol. The zero-order valence-corrected chi connectivity index (χ0v) is 23.2. The Kier molecular flexibility index (Phi) is 7.39. The van der Waals surface area contributed by atoms with Gasteiger partial charge >= 0.3 is 5.97 Å². The second-order valence-corrected chi connectivity index (χ2v) is 12.8.